The van der Waals surface area contributed by atoms with E-state index in [1.54, 1.807) is 17.5 Å². The van der Waals surface area contributed by atoms with E-state index in [-0.39, 0.29) is 36.9 Å². The number of hydrogen-bond acceptors (Lipinski definition) is 7. The molecule has 3 rings (SSSR count). The van der Waals surface area contributed by atoms with Crippen molar-refractivity contribution in [2.24, 2.45) is 0 Å². The summed E-state index contributed by atoms with van der Waals surface area (Å²) >= 11 is 1.27. The number of carbonyl (C=O) groups is 2. The minimum absolute atomic E-state index is 0.0144. The van der Waals surface area contributed by atoms with Crippen LogP contribution >= 0.6 is 11.3 Å². The summed E-state index contributed by atoms with van der Waals surface area (Å²) in [7, 11) is 0. The average Bonchev–Trinajstić information content (AvgIpc) is 3.11. The number of nitrogens with zero attached hydrogens (tertiary/aromatic N) is 3. The summed E-state index contributed by atoms with van der Waals surface area (Å²) in [5.74, 6) is -1.26. The summed E-state index contributed by atoms with van der Waals surface area (Å²) in [6, 6.07) is 5.94. The van der Waals surface area contributed by atoms with Crippen molar-refractivity contribution in [2.45, 2.75) is 12.5 Å². The van der Waals surface area contributed by atoms with Gasteiger partial charge in [-0.25, -0.2) is 4.98 Å². The lowest BCUT2D eigenvalue weighted by atomic mass is 10.2. The van der Waals surface area contributed by atoms with E-state index in [4.69, 9.17) is 9.84 Å². The number of aliphatic carboxylic acids is 1. The maximum absolute atomic E-state index is 12.6. The number of rotatable bonds is 5. The fraction of sp³-hybridized carbons (Fsp3) is 0.312. The summed E-state index contributed by atoms with van der Waals surface area (Å²) in [6.45, 7) is 0.859. The van der Waals surface area contributed by atoms with Crippen LogP contribution in [0.1, 0.15) is 16.9 Å². The molecule has 0 saturated carbocycles. The van der Waals surface area contributed by atoms with Crippen LogP contribution in [0.15, 0.2) is 29.6 Å². The van der Waals surface area contributed by atoms with Gasteiger partial charge in [-0.15, -0.1) is 11.3 Å². The Morgan fingerprint density at radius 2 is 2.12 bits per heavy atom. The zero-order valence-corrected chi connectivity index (χ0v) is 14.3. The molecule has 1 aromatic heterocycles. The van der Waals surface area contributed by atoms with Gasteiger partial charge in [0.15, 0.2) is 0 Å². The molecule has 26 heavy (non-hydrogen) atoms. The van der Waals surface area contributed by atoms with Crippen LogP contribution in [0.4, 0.5) is 5.69 Å². The maximum Gasteiger partial charge on any atom is 0.306 e. The van der Waals surface area contributed by atoms with Crippen molar-refractivity contribution in [1.82, 2.24) is 9.88 Å². The van der Waals surface area contributed by atoms with Crippen molar-refractivity contribution in [3.63, 3.8) is 0 Å². The van der Waals surface area contributed by atoms with Crippen LogP contribution in [0.2, 0.25) is 0 Å². The molecule has 1 saturated heterocycles. The molecule has 1 aromatic carbocycles. The van der Waals surface area contributed by atoms with Gasteiger partial charge >= 0.3 is 5.97 Å². The second kappa shape index (κ2) is 7.58. The third-order valence-corrected chi connectivity index (χ3v) is 4.77. The third kappa shape index (κ3) is 4.03. The summed E-state index contributed by atoms with van der Waals surface area (Å²) in [5.41, 5.74) is 0.934. The molecule has 2 aromatic rings. The number of nitro benzene ring substituents is 1. The standard InChI is InChI=1S/C16H15N3O6S/c20-14(21)7-12-8-18(5-6-25-12)16(22)13-9-26-15(17-13)10-1-3-11(4-2-10)19(23)24/h1-4,9,12H,5-8H2,(H,20,21). The summed E-state index contributed by atoms with van der Waals surface area (Å²) in [5, 5.41) is 21.8. The molecule has 2 heterocycles. The Morgan fingerprint density at radius 1 is 1.38 bits per heavy atom. The molecule has 9 nitrogen and oxygen atoms in total. The normalized spacial score (nSPS) is 17.1. The molecular formula is C16H15N3O6S. The van der Waals surface area contributed by atoms with Gasteiger partial charge in [0.05, 0.1) is 24.1 Å². The summed E-state index contributed by atoms with van der Waals surface area (Å²) in [4.78, 5) is 39.5. The van der Waals surface area contributed by atoms with Gasteiger partial charge in [-0.3, -0.25) is 19.7 Å². The van der Waals surface area contributed by atoms with E-state index in [2.05, 4.69) is 4.98 Å². The molecule has 0 bridgehead atoms. The van der Waals surface area contributed by atoms with E-state index in [9.17, 15) is 19.7 Å². The first-order chi connectivity index (χ1) is 12.4. The van der Waals surface area contributed by atoms with Gasteiger partial charge in [0.2, 0.25) is 0 Å². The Hall–Kier alpha value is -2.85. The van der Waals surface area contributed by atoms with Crippen LogP contribution in [0.5, 0.6) is 0 Å². The minimum atomic E-state index is -0.974. The van der Waals surface area contributed by atoms with Crippen molar-refractivity contribution >= 4 is 28.9 Å². The highest BCUT2D eigenvalue weighted by molar-refractivity contribution is 7.13. The molecule has 1 N–H and O–H groups in total. The Kier molecular flexibility index (Phi) is 5.24. The van der Waals surface area contributed by atoms with Gasteiger partial charge in [-0.2, -0.15) is 0 Å². The fourth-order valence-corrected chi connectivity index (χ4v) is 3.41. The second-order valence-corrected chi connectivity index (χ2v) is 6.54. The smallest absolute Gasteiger partial charge is 0.306 e. The second-order valence-electron chi connectivity index (χ2n) is 5.68. The van der Waals surface area contributed by atoms with E-state index in [0.29, 0.717) is 17.1 Å². The van der Waals surface area contributed by atoms with Crippen LogP contribution in [0.3, 0.4) is 0 Å². The van der Waals surface area contributed by atoms with Gasteiger partial charge in [-0.1, -0.05) is 0 Å². The van der Waals surface area contributed by atoms with Crippen molar-refractivity contribution < 1.29 is 24.4 Å². The molecule has 1 atom stereocenters. The number of thiazole rings is 1. The molecule has 136 valence electrons. The van der Waals surface area contributed by atoms with Crippen LogP contribution < -0.4 is 0 Å². The number of hydrogen-bond donors (Lipinski definition) is 1. The number of benzene rings is 1. The number of aromatic nitrogens is 1. The average molecular weight is 377 g/mol. The lowest BCUT2D eigenvalue weighted by Crippen LogP contribution is -2.46. The van der Waals surface area contributed by atoms with Crippen molar-refractivity contribution in [3.05, 3.63) is 45.5 Å². The van der Waals surface area contributed by atoms with Gasteiger partial charge in [0.25, 0.3) is 11.6 Å². The molecule has 0 spiro atoms. The monoisotopic (exact) mass is 377 g/mol. The lowest BCUT2D eigenvalue weighted by Gasteiger charge is -2.31. The van der Waals surface area contributed by atoms with Crippen molar-refractivity contribution in [2.75, 3.05) is 19.7 Å². The van der Waals surface area contributed by atoms with Crippen LogP contribution in [-0.2, 0) is 9.53 Å². The van der Waals surface area contributed by atoms with Gasteiger partial charge < -0.3 is 14.7 Å². The molecule has 1 fully saturated rings. The summed E-state index contributed by atoms with van der Waals surface area (Å²) in [6.07, 6.45) is -0.687. The highest BCUT2D eigenvalue weighted by atomic mass is 32.1. The Morgan fingerprint density at radius 3 is 2.77 bits per heavy atom. The molecule has 1 aliphatic rings. The number of nitro groups is 1. The SMILES string of the molecule is O=C(O)CC1CN(C(=O)c2csc(-c3ccc([N+](=O)[O-])cc3)n2)CCO1. The van der Waals surface area contributed by atoms with Crippen molar-refractivity contribution in [3.8, 4) is 10.6 Å². The third-order valence-electron chi connectivity index (χ3n) is 3.88. The molecular weight excluding hydrogens is 362 g/mol. The fourth-order valence-electron chi connectivity index (χ4n) is 2.61. The molecule has 0 aliphatic carbocycles. The lowest BCUT2D eigenvalue weighted by molar-refractivity contribution is -0.384. The molecule has 1 amide bonds. The zero-order chi connectivity index (χ0) is 18.7. The van der Waals surface area contributed by atoms with E-state index < -0.39 is 17.0 Å². The first kappa shape index (κ1) is 18.0. The zero-order valence-electron chi connectivity index (χ0n) is 13.5. The van der Waals surface area contributed by atoms with E-state index in [1.165, 1.54) is 28.4 Å². The predicted octanol–water partition coefficient (Wildman–Crippen LogP) is 2.03. The van der Waals surface area contributed by atoms with Gasteiger partial charge in [-0.05, 0) is 12.1 Å². The number of morpholine rings is 1. The molecule has 1 aliphatic heterocycles. The van der Waals surface area contributed by atoms with Crippen LogP contribution in [0, 0.1) is 10.1 Å². The molecule has 1 unspecified atom stereocenters. The highest BCUT2D eigenvalue weighted by Crippen LogP contribution is 2.26. The van der Waals surface area contributed by atoms with E-state index in [0.717, 1.165) is 0 Å². The number of amides is 1. The molecule has 10 heteroatoms. The predicted molar refractivity (Wildman–Crippen MR) is 92.1 cm³/mol. The van der Waals surface area contributed by atoms with Crippen LogP contribution in [0.25, 0.3) is 10.6 Å². The number of ether oxygens (including phenoxy) is 1. The quantitative estimate of drug-likeness (QED) is 0.625. The Bertz CT molecular complexity index is 835. The molecule has 0 radical (unpaired) electrons. The largest absolute Gasteiger partial charge is 0.481 e. The van der Waals surface area contributed by atoms with Crippen molar-refractivity contribution in [1.29, 1.82) is 0 Å². The topological polar surface area (TPSA) is 123 Å². The number of carboxylic acid groups (broad SMARTS) is 1. The Balaban J connectivity index is 1.71. The van der Waals surface area contributed by atoms with Gasteiger partial charge in [0, 0.05) is 36.2 Å². The van der Waals surface area contributed by atoms with E-state index in [1.807, 2.05) is 0 Å². The minimum Gasteiger partial charge on any atom is -0.481 e. The van der Waals surface area contributed by atoms with E-state index >= 15 is 0 Å². The number of carboxylic acids is 1. The highest BCUT2D eigenvalue weighted by Gasteiger charge is 2.27. The van der Waals surface area contributed by atoms with Crippen LogP contribution in [-0.4, -0.2) is 57.6 Å². The Labute approximate surface area is 152 Å². The number of non-ortho nitro benzene ring substituents is 1. The first-order valence-corrected chi connectivity index (χ1v) is 8.65. The maximum atomic E-state index is 12.6. The van der Waals surface area contributed by atoms with Gasteiger partial charge in [0.1, 0.15) is 10.7 Å². The summed E-state index contributed by atoms with van der Waals surface area (Å²) < 4.78 is 5.36. The first-order valence-electron chi connectivity index (χ1n) is 7.77. The number of carbonyl (C=O) groups excluding carboxylic acids is 1.